The van der Waals surface area contributed by atoms with E-state index in [1.165, 1.54) is 6.08 Å². The van der Waals surface area contributed by atoms with Gasteiger partial charge in [0, 0.05) is 12.3 Å². The van der Waals surface area contributed by atoms with Crippen LogP contribution in [0.2, 0.25) is 0 Å². The summed E-state index contributed by atoms with van der Waals surface area (Å²) in [6.07, 6.45) is 0.808. The van der Waals surface area contributed by atoms with Crippen molar-refractivity contribution in [1.82, 2.24) is 5.32 Å². The SMILES string of the molecule is C=C=CCC(NC(=O)OCC1c2ccccc2-c2ccccc21)C(=O)O. The lowest BCUT2D eigenvalue weighted by Gasteiger charge is -2.16. The van der Waals surface area contributed by atoms with Gasteiger partial charge in [-0.1, -0.05) is 55.1 Å². The molecule has 1 atom stereocenters. The van der Waals surface area contributed by atoms with Crippen molar-refractivity contribution in [1.29, 1.82) is 0 Å². The molecular formula is C21H19NO4. The van der Waals surface area contributed by atoms with Crippen LogP contribution in [0, 0.1) is 0 Å². The molecule has 1 amide bonds. The van der Waals surface area contributed by atoms with Gasteiger partial charge in [-0.15, -0.1) is 5.73 Å². The fourth-order valence-electron chi connectivity index (χ4n) is 3.21. The number of alkyl carbamates (subject to hydrolysis) is 1. The molecule has 1 aliphatic carbocycles. The third-order valence-corrected chi connectivity index (χ3v) is 4.43. The van der Waals surface area contributed by atoms with Crippen LogP contribution in [0.5, 0.6) is 0 Å². The van der Waals surface area contributed by atoms with E-state index in [1.807, 2.05) is 36.4 Å². The maximum Gasteiger partial charge on any atom is 0.407 e. The first-order valence-electron chi connectivity index (χ1n) is 8.30. The fraction of sp³-hybridized carbons (Fsp3) is 0.190. The average Bonchev–Trinajstić information content (AvgIpc) is 2.97. The highest BCUT2D eigenvalue weighted by Gasteiger charge is 2.29. The number of fused-ring (bicyclic) bond motifs is 3. The van der Waals surface area contributed by atoms with Gasteiger partial charge in [-0.2, -0.15) is 0 Å². The highest BCUT2D eigenvalue weighted by molar-refractivity contribution is 5.81. The predicted molar refractivity (Wildman–Crippen MR) is 98.0 cm³/mol. The molecule has 132 valence electrons. The molecule has 1 aliphatic rings. The number of benzene rings is 2. The summed E-state index contributed by atoms with van der Waals surface area (Å²) in [7, 11) is 0. The molecule has 2 N–H and O–H groups in total. The van der Waals surface area contributed by atoms with E-state index in [0.717, 1.165) is 22.3 Å². The summed E-state index contributed by atoms with van der Waals surface area (Å²) in [6, 6.07) is 15.0. The van der Waals surface area contributed by atoms with E-state index < -0.39 is 18.1 Å². The van der Waals surface area contributed by atoms with Gasteiger partial charge in [-0.05, 0) is 28.3 Å². The van der Waals surface area contributed by atoms with Crippen LogP contribution in [0.3, 0.4) is 0 Å². The van der Waals surface area contributed by atoms with Crippen LogP contribution >= 0.6 is 0 Å². The normalized spacial score (nSPS) is 13.1. The molecule has 0 aliphatic heterocycles. The van der Waals surface area contributed by atoms with E-state index in [1.54, 1.807) is 0 Å². The van der Waals surface area contributed by atoms with Crippen molar-refractivity contribution in [2.45, 2.75) is 18.4 Å². The van der Waals surface area contributed by atoms with Crippen molar-refractivity contribution in [3.63, 3.8) is 0 Å². The highest BCUT2D eigenvalue weighted by atomic mass is 16.5. The minimum Gasteiger partial charge on any atom is -0.480 e. The molecule has 0 radical (unpaired) electrons. The minimum absolute atomic E-state index is 0.0653. The van der Waals surface area contributed by atoms with Crippen LogP contribution < -0.4 is 5.32 Å². The van der Waals surface area contributed by atoms with E-state index >= 15 is 0 Å². The van der Waals surface area contributed by atoms with E-state index in [-0.39, 0.29) is 18.9 Å². The topological polar surface area (TPSA) is 75.6 Å². The Morgan fingerprint density at radius 1 is 1.15 bits per heavy atom. The molecule has 0 aromatic heterocycles. The number of aliphatic carboxylic acids is 1. The van der Waals surface area contributed by atoms with Crippen LogP contribution in [0.25, 0.3) is 11.1 Å². The lowest BCUT2D eigenvalue weighted by atomic mass is 9.98. The van der Waals surface area contributed by atoms with Gasteiger partial charge in [0.1, 0.15) is 12.6 Å². The molecule has 2 aromatic rings. The largest absolute Gasteiger partial charge is 0.480 e. The van der Waals surface area contributed by atoms with Crippen LogP contribution in [-0.4, -0.2) is 29.8 Å². The number of hydrogen-bond donors (Lipinski definition) is 2. The van der Waals surface area contributed by atoms with Gasteiger partial charge in [0.05, 0.1) is 0 Å². The number of nitrogens with one attached hydrogen (secondary N) is 1. The molecular weight excluding hydrogens is 330 g/mol. The van der Waals surface area contributed by atoms with Crippen LogP contribution in [-0.2, 0) is 9.53 Å². The molecule has 5 heteroatoms. The van der Waals surface area contributed by atoms with Crippen molar-refractivity contribution in [2.24, 2.45) is 0 Å². The molecule has 2 aromatic carbocycles. The van der Waals surface area contributed by atoms with E-state index in [0.29, 0.717) is 0 Å². The first-order chi connectivity index (χ1) is 12.6. The Kier molecular flexibility index (Phi) is 5.20. The maximum atomic E-state index is 12.1. The molecule has 26 heavy (non-hydrogen) atoms. The van der Waals surface area contributed by atoms with Crippen molar-refractivity contribution in [3.8, 4) is 11.1 Å². The highest BCUT2D eigenvalue weighted by Crippen LogP contribution is 2.44. The standard InChI is InChI=1S/C21H19NO4/c1-2-3-12-19(20(23)24)22-21(25)26-13-18-16-10-6-4-8-14(16)15-9-5-7-11-17(15)18/h3-11,18-19H,1,12-13H2,(H,22,25)(H,23,24). The summed E-state index contributed by atoms with van der Waals surface area (Å²) in [6.45, 7) is 3.53. The van der Waals surface area contributed by atoms with Gasteiger partial charge < -0.3 is 15.2 Å². The quantitative estimate of drug-likeness (QED) is 0.780. The maximum absolute atomic E-state index is 12.1. The Morgan fingerprint density at radius 3 is 2.27 bits per heavy atom. The van der Waals surface area contributed by atoms with Crippen LogP contribution in [0.4, 0.5) is 4.79 Å². The second-order valence-corrected chi connectivity index (χ2v) is 6.00. The van der Waals surface area contributed by atoms with Gasteiger partial charge in [0.25, 0.3) is 0 Å². The summed E-state index contributed by atoms with van der Waals surface area (Å²) < 4.78 is 5.34. The number of hydrogen-bond acceptors (Lipinski definition) is 3. The third-order valence-electron chi connectivity index (χ3n) is 4.43. The molecule has 0 spiro atoms. The number of carbonyl (C=O) groups excluding carboxylic acids is 1. The first-order valence-corrected chi connectivity index (χ1v) is 8.30. The summed E-state index contributed by atoms with van der Waals surface area (Å²) in [5.41, 5.74) is 6.97. The van der Waals surface area contributed by atoms with Gasteiger partial charge in [-0.25, -0.2) is 9.59 Å². The average molecular weight is 349 g/mol. The molecule has 5 nitrogen and oxygen atoms in total. The minimum atomic E-state index is -1.13. The second kappa shape index (κ2) is 7.72. The van der Waals surface area contributed by atoms with Crippen molar-refractivity contribution in [3.05, 3.63) is 78.0 Å². The lowest BCUT2D eigenvalue weighted by Crippen LogP contribution is -2.41. The van der Waals surface area contributed by atoms with E-state index in [9.17, 15) is 9.59 Å². The first kappa shape index (κ1) is 17.5. The molecule has 3 rings (SSSR count). The zero-order valence-electron chi connectivity index (χ0n) is 14.1. The lowest BCUT2D eigenvalue weighted by molar-refractivity contribution is -0.139. The van der Waals surface area contributed by atoms with Crippen molar-refractivity contribution in [2.75, 3.05) is 6.61 Å². The predicted octanol–water partition coefficient (Wildman–Crippen LogP) is 3.71. The Morgan fingerprint density at radius 2 is 1.73 bits per heavy atom. The van der Waals surface area contributed by atoms with Gasteiger partial charge in [0.2, 0.25) is 0 Å². The van der Waals surface area contributed by atoms with E-state index in [2.05, 4.69) is 29.8 Å². The van der Waals surface area contributed by atoms with Gasteiger partial charge in [-0.3, -0.25) is 0 Å². The second-order valence-electron chi connectivity index (χ2n) is 6.00. The van der Waals surface area contributed by atoms with Gasteiger partial charge >= 0.3 is 12.1 Å². The Bertz CT molecular complexity index is 838. The summed E-state index contributed by atoms with van der Waals surface area (Å²) in [5.74, 6) is -1.20. The zero-order valence-corrected chi connectivity index (χ0v) is 14.1. The monoisotopic (exact) mass is 349 g/mol. The van der Waals surface area contributed by atoms with Crippen LogP contribution in [0.1, 0.15) is 23.5 Å². The number of ether oxygens (including phenoxy) is 1. The summed E-state index contributed by atoms with van der Waals surface area (Å²) in [4.78, 5) is 23.2. The Labute approximate surface area is 151 Å². The number of rotatable bonds is 6. The number of carboxylic acid groups (broad SMARTS) is 1. The number of carbonyl (C=O) groups is 2. The Balaban J connectivity index is 1.70. The fourth-order valence-corrected chi connectivity index (χ4v) is 3.21. The number of amides is 1. The summed E-state index contributed by atoms with van der Waals surface area (Å²) in [5, 5.41) is 11.5. The molecule has 0 saturated heterocycles. The van der Waals surface area contributed by atoms with Crippen LogP contribution in [0.15, 0.2) is 66.9 Å². The zero-order chi connectivity index (χ0) is 18.5. The molecule has 0 bridgehead atoms. The molecule has 1 unspecified atom stereocenters. The Hall–Kier alpha value is -3.30. The van der Waals surface area contributed by atoms with E-state index in [4.69, 9.17) is 9.84 Å². The smallest absolute Gasteiger partial charge is 0.407 e. The van der Waals surface area contributed by atoms with Crippen molar-refractivity contribution < 1.29 is 19.4 Å². The third kappa shape index (κ3) is 3.53. The molecule has 0 fully saturated rings. The molecule has 0 heterocycles. The van der Waals surface area contributed by atoms with Gasteiger partial charge in [0.15, 0.2) is 0 Å². The number of carboxylic acids is 1. The summed E-state index contributed by atoms with van der Waals surface area (Å²) >= 11 is 0. The molecule has 0 saturated carbocycles. The van der Waals surface area contributed by atoms with Crippen molar-refractivity contribution >= 4 is 12.1 Å².